The number of alkyl carbamates (subject to hydrolysis) is 1. The number of amides is 1. The van der Waals surface area contributed by atoms with Gasteiger partial charge in [-0.05, 0) is 24.5 Å². The number of hydrogen-bond acceptors (Lipinski definition) is 10. The molecule has 1 aliphatic heterocycles. The van der Waals surface area contributed by atoms with Crippen LogP contribution in [0.25, 0.3) is 0 Å². The Morgan fingerprint density at radius 1 is 1.18 bits per heavy atom. The minimum Gasteiger partial charge on any atom is -0.450 e. The molecule has 0 spiro atoms. The molecule has 44 heavy (non-hydrogen) atoms. The van der Waals surface area contributed by atoms with Crippen LogP contribution in [0.2, 0.25) is 0 Å². The zero-order valence-corrected chi connectivity index (χ0v) is 27.1. The SMILES string of the molecule is C=C1[C@@H](COP(=O)(NCc2ccccc2)OCCSC(=O)C(C)(C)CCNC(=O)OCC)O[C@@H](n2ccc(=O)[nH]c2=O)[C@H]1C. The molecule has 2 aromatic rings. The fourth-order valence-electron chi connectivity index (χ4n) is 4.26. The highest BCUT2D eigenvalue weighted by Crippen LogP contribution is 2.46. The Bertz CT molecular complexity index is 1450. The van der Waals surface area contributed by atoms with Gasteiger partial charge in [-0.15, -0.1) is 0 Å². The van der Waals surface area contributed by atoms with Crippen LogP contribution < -0.4 is 21.7 Å². The molecule has 1 amide bonds. The van der Waals surface area contributed by atoms with Gasteiger partial charge in [-0.1, -0.05) is 69.4 Å². The summed E-state index contributed by atoms with van der Waals surface area (Å²) in [6.07, 6.45) is -0.210. The van der Waals surface area contributed by atoms with Gasteiger partial charge < -0.3 is 14.8 Å². The smallest absolute Gasteiger partial charge is 0.407 e. The second kappa shape index (κ2) is 16.4. The number of nitrogens with one attached hydrogen (secondary N) is 3. The fourth-order valence-corrected chi connectivity index (χ4v) is 6.52. The third kappa shape index (κ3) is 10.3. The molecule has 13 nitrogen and oxygen atoms in total. The van der Waals surface area contributed by atoms with E-state index in [-0.39, 0.29) is 49.7 Å². The number of carbonyl (C=O) groups excluding carboxylic acids is 2. The molecule has 1 unspecified atom stereocenters. The van der Waals surface area contributed by atoms with E-state index >= 15 is 0 Å². The van der Waals surface area contributed by atoms with Crippen LogP contribution >= 0.6 is 19.5 Å². The van der Waals surface area contributed by atoms with E-state index in [1.807, 2.05) is 37.3 Å². The lowest BCUT2D eigenvalue weighted by Gasteiger charge is -2.23. The van der Waals surface area contributed by atoms with Crippen molar-refractivity contribution >= 4 is 30.7 Å². The van der Waals surface area contributed by atoms with Gasteiger partial charge in [0.25, 0.3) is 5.56 Å². The first-order valence-electron chi connectivity index (χ1n) is 14.3. The second-order valence-corrected chi connectivity index (χ2v) is 13.7. The molecule has 4 atom stereocenters. The van der Waals surface area contributed by atoms with Gasteiger partial charge in [0.2, 0.25) is 0 Å². The standard InChI is InChI=1S/C29H41N4O9PS/c1-6-39-28(37)30-14-13-29(4,5)26(35)44-17-16-40-43(38,31-18-22-10-8-7-9-11-22)41-19-23-20(2)21(3)25(42-23)33-15-12-24(34)32-27(33)36/h7-12,15,21,23,25H,2,6,13-14,16-19H2,1,3-5H3,(H,30,37)(H,31,38)(H,32,34,36)/t21-,23+,25+,43?/m0/s1. The summed E-state index contributed by atoms with van der Waals surface area (Å²) in [5.41, 5.74) is -0.379. The maximum absolute atomic E-state index is 13.8. The fraction of sp³-hybridized carbons (Fsp3) is 0.517. The molecule has 1 aliphatic rings. The molecule has 15 heteroatoms. The lowest BCUT2D eigenvalue weighted by Crippen LogP contribution is -2.33. The van der Waals surface area contributed by atoms with E-state index in [4.69, 9.17) is 18.5 Å². The molecule has 1 fully saturated rings. The Labute approximate surface area is 260 Å². The largest absolute Gasteiger partial charge is 0.450 e. The highest BCUT2D eigenvalue weighted by molar-refractivity contribution is 8.13. The van der Waals surface area contributed by atoms with E-state index in [0.717, 1.165) is 17.3 Å². The maximum Gasteiger partial charge on any atom is 0.407 e. The van der Waals surface area contributed by atoms with E-state index in [0.29, 0.717) is 12.0 Å². The first-order chi connectivity index (χ1) is 20.8. The van der Waals surface area contributed by atoms with Crippen LogP contribution in [0.1, 0.15) is 45.9 Å². The number of aromatic nitrogens is 2. The van der Waals surface area contributed by atoms with Gasteiger partial charge in [-0.3, -0.25) is 28.2 Å². The minimum atomic E-state index is -3.90. The molecule has 0 radical (unpaired) electrons. The molecule has 3 rings (SSSR count). The van der Waals surface area contributed by atoms with Gasteiger partial charge in [-0.2, -0.15) is 0 Å². The lowest BCUT2D eigenvalue weighted by molar-refractivity contribution is -0.118. The maximum atomic E-state index is 13.8. The Hall–Kier alpha value is -3.00. The summed E-state index contributed by atoms with van der Waals surface area (Å²) in [4.78, 5) is 50.4. The third-order valence-corrected chi connectivity index (χ3v) is 9.74. The number of H-pyrrole nitrogens is 1. The molecule has 3 N–H and O–H groups in total. The zero-order valence-electron chi connectivity index (χ0n) is 25.4. The van der Waals surface area contributed by atoms with Gasteiger partial charge >= 0.3 is 19.5 Å². The number of nitrogens with zero attached hydrogens (tertiary/aromatic N) is 1. The van der Waals surface area contributed by atoms with Crippen molar-refractivity contribution in [3.63, 3.8) is 0 Å². The van der Waals surface area contributed by atoms with Crippen molar-refractivity contribution in [1.29, 1.82) is 0 Å². The normalized spacial score (nSPS) is 19.8. The van der Waals surface area contributed by atoms with Crippen LogP contribution in [-0.2, 0) is 34.4 Å². The molecule has 242 valence electrons. The van der Waals surface area contributed by atoms with Crippen LogP contribution in [0.3, 0.4) is 0 Å². The van der Waals surface area contributed by atoms with Crippen LogP contribution in [0.5, 0.6) is 0 Å². The molecule has 1 aromatic heterocycles. The molecule has 2 heterocycles. The van der Waals surface area contributed by atoms with Crippen LogP contribution in [0, 0.1) is 11.3 Å². The van der Waals surface area contributed by atoms with Crippen LogP contribution in [-0.4, -0.2) is 59.0 Å². The highest BCUT2D eigenvalue weighted by Gasteiger charge is 2.39. The second-order valence-electron chi connectivity index (χ2n) is 10.8. The van der Waals surface area contributed by atoms with E-state index in [2.05, 4.69) is 22.0 Å². The van der Waals surface area contributed by atoms with Crippen LogP contribution in [0.4, 0.5) is 4.79 Å². The van der Waals surface area contributed by atoms with Crippen molar-refractivity contribution in [1.82, 2.24) is 20.0 Å². The van der Waals surface area contributed by atoms with E-state index in [1.165, 1.54) is 16.8 Å². The predicted molar refractivity (Wildman–Crippen MR) is 167 cm³/mol. The number of carbonyl (C=O) groups is 2. The molecular formula is C29H41N4O9PS. The summed E-state index contributed by atoms with van der Waals surface area (Å²) in [5.74, 6) is -0.0857. The summed E-state index contributed by atoms with van der Waals surface area (Å²) in [6.45, 7) is 11.7. The Kier molecular flexibility index (Phi) is 13.2. The number of benzene rings is 1. The lowest BCUT2D eigenvalue weighted by atomic mass is 9.91. The monoisotopic (exact) mass is 652 g/mol. The van der Waals surface area contributed by atoms with Crippen LogP contribution in [0.15, 0.2) is 64.3 Å². The van der Waals surface area contributed by atoms with Gasteiger partial charge in [0.05, 0.1) is 19.8 Å². The number of ether oxygens (including phenoxy) is 2. The van der Waals surface area contributed by atoms with E-state index in [1.54, 1.807) is 20.8 Å². The molecule has 0 saturated carbocycles. The first kappa shape index (κ1) is 35.5. The average molecular weight is 653 g/mol. The summed E-state index contributed by atoms with van der Waals surface area (Å²) in [6, 6.07) is 10.5. The number of hydrogen-bond donors (Lipinski definition) is 3. The van der Waals surface area contributed by atoms with Gasteiger partial charge in [0.1, 0.15) is 12.3 Å². The van der Waals surface area contributed by atoms with Crippen molar-refractivity contribution in [2.24, 2.45) is 11.3 Å². The number of thioether (sulfide) groups is 1. The Morgan fingerprint density at radius 3 is 2.59 bits per heavy atom. The third-order valence-electron chi connectivity index (χ3n) is 7.00. The quantitative estimate of drug-likeness (QED) is 0.136. The topological polar surface area (TPSA) is 167 Å². The summed E-state index contributed by atoms with van der Waals surface area (Å²) in [7, 11) is -3.90. The number of rotatable bonds is 16. The van der Waals surface area contributed by atoms with Crippen molar-refractivity contribution < 1.29 is 32.7 Å². The van der Waals surface area contributed by atoms with E-state index in [9.17, 15) is 23.7 Å². The van der Waals surface area contributed by atoms with Crippen molar-refractivity contribution in [2.45, 2.75) is 53.0 Å². The first-order valence-corrected chi connectivity index (χ1v) is 16.8. The van der Waals surface area contributed by atoms with Gasteiger partial charge in [0.15, 0.2) is 5.12 Å². The van der Waals surface area contributed by atoms with Crippen molar-refractivity contribution in [3.8, 4) is 0 Å². The number of aromatic amines is 1. The Balaban J connectivity index is 1.58. The summed E-state index contributed by atoms with van der Waals surface area (Å²) < 4.78 is 37.4. The minimum absolute atomic E-state index is 0.0507. The molecule has 1 aromatic carbocycles. The van der Waals surface area contributed by atoms with Gasteiger partial charge in [0, 0.05) is 42.4 Å². The van der Waals surface area contributed by atoms with E-state index < -0.39 is 42.8 Å². The molecule has 1 saturated heterocycles. The highest BCUT2D eigenvalue weighted by atomic mass is 32.2. The summed E-state index contributed by atoms with van der Waals surface area (Å²) in [5, 5.41) is 5.38. The molecule has 0 bridgehead atoms. The average Bonchev–Trinajstić information content (AvgIpc) is 3.26. The van der Waals surface area contributed by atoms with Gasteiger partial charge in [-0.25, -0.2) is 19.2 Å². The predicted octanol–water partition coefficient (Wildman–Crippen LogP) is 3.98. The van der Waals surface area contributed by atoms with Crippen molar-refractivity contribution in [3.05, 3.63) is 81.1 Å². The Morgan fingerprint density at radius 2 is 1.91 bits per heavy atom. The molecular weight excluding hydrogens is 611 g/mol. The summed E-state index contributed by atoms with van der Waals surface area (Å²) >= 11 is 1.04. The molecule has 0 aliphatic carbocycles. The van der Waals surface area contributed by atoms with Crippen molar-refractivity contribution in [2.75, 3.05) is 32.1 Å². The zero-order chi connectivity index (χ0) is 32.3.